The third-order valence-electron chi connectivity index (χ3n) is 4.08. The quantitative estimate of drug-likeness (QED) is 0.666. The minimum absolute atomic E-state index is 0.148. The summed E-state index contributed by atoms with van der Waals surface area (Å²) in [6.07, 6.45) is 5.02. The Morgan fingerprint density at radius 2 is 2.12 bits per heavy atom. The molecule has 0 unspecified atom stereocenters. The number of fused-ring (bicyclic) bond motifs is 1. The normalized spacial score (nSPS) is 15.7. The van der Waals surface area contributed by atoms with E-state index in [0.29, 0.717) is 16.9 Å². The molecule has 1 aliphatic rings. The van der Waals surface area contributed by atoms with Crippen molar-refractivity contribution in [1.29, 1.82) is 0 Å². The van der Waals surface area contributed by atoms with Crippen molar-refractivity contribution in [2.24, 2.45) is 0 Å². The first-order valence-electron chi connectivity index (χ1n) is 7.72. The van der Waals surface area contributed by atoms with Crippen molar-refractivity contribution in [3.05, 3.63) is 45.4 Å². The lowest BCUT2D eigenvalue weighted by Crippen LogP contribution is -2.25. The maximum atomic E-state index is 12.3. The van der Waals surface area contributed by atoms with E-state index in [-0.39, 0.29) is 23.2 Å². The minimum atomic E-state index is -0.253. The molecule has 24 heavy (non-hydrogen) atoms. The molecular weight excluding hydrogens is 328 g/mol. The number of nitrogens with zero attached hydrogens (tertiary/aromatic N) is 3. The smallest absolute Gasteiger partial charge is 0.327 e. The van der Waals surface area contributed by atoms with Gasteiger partial charge in [0.1, 0.15) is 11.2 Å². The van der Waals surface area contributed by atoms with Crippen molar-refractivity contribution >= 4 is 34.6 Å². The molecule has 1 fully saturated rings. The van der Waals surface area contributed by atoms with E-state index in [2.05, 4.69) is 25.3 Å². The van der Waals surface area contributed by atoms with Crippen molar-refractivity contribution in [3.63, 3.8) is 0 Å². The predicted octanol–water partition coefficient (Wildman–Crippen LogP) is 1.62. The Labute approximate surface area is 140 Å². The van der Waals surface area contributed by atoms with Gasteiger partial charge in [0.25, 0.3) is 5.56 Å². The Morgan fingerprint density at radius 1 is 1.29 bits per heavy atom. The van der Waals surface area contributed by atoms with Gasteiger partial charge in [-0.1, -0.05) is 0 Å². The number of aromatic amines is 2. The lowest BCUT2D eigenvalue weighted by molar-refractivity contribution is 0.467. The van der Waals surface area contributed by atoms with Crippen LogP contribution in [0, 0.1) is 0 Å². The predicted molar refractivity (Wildman–Crippen MR) is 94.1 cm³/mol. The fourth-order valence-corrected chi connectivity index (χ4v) is 3.98. The zero-order valence-corrected chi connectivity index (χ0v) is 13.6. The van der Waals surface area contributed by atoms with Crippen LogP contribution in [-0.4, -0.2) is 36.0 Å². The molecule has 0 spiro atoms. The molecule has 0 aliphatic carbocycles. The van der Waals surface area contributed by atoms with Crippen molar-refractivity contribution in [2.75, 3.05) is 16.8 Å². The highest BCUT2D eigenvalue weighted by molar-refractivity contribution is 7.99. The van der Waals surface area contributed by atoms with Crippen LogP contribution in [0.4, 0.5) is 11.6 Å². The number of pyridine rings is 1. The summed E-state index contributed by atoms with van der Waals surface area (Å²) in [4.78, 5) is 38.1. The van der Waals surface area contributed by atoms with Crippen molar-refractivity contribution in [3.8, 4) is 0 Å². The SMILES string of the molecule is O=c1[nH]cccc1Nc1ncc2[nH]c(=O)n(C3CCSCC3)c2n1. The molecule has 124 valence electrons. The third kappa shape index (κ3) is 2.71. The third-order valence-corrected chi connectivity index (χ3v) is 5.13. The first-order chi connectivity index (χ1) is 11.7. The van der Waals surface area contributed by atoms with E-state index in [1.54, 1.807) is 29.1 Å². The van der Waals surface area contributed by atoms with Gasteiger partial charge >= 0.3 is 5.69 Å². The number of H-pyrrole nitrogens is 2. The van der Waals surface area contributed by atoms with E-state index in [1.165, 1.54) is 0 Å². The van der Waals surface area contributed by atoms with E-state index in [9.17, 15) is 9.59 Å². The van der Waals surface area contributed by atoms with E-state index < -0.39 is 0 Å². The lowest BCUT2D eigenvalue weighted by atomic mass is 10.1. The highest BCUT2D eigenvalue weighted by Gasteiger charge is 2.21. The Hall–Kier alpha value is -2.55. The van der Waals surface area contributed by atoms with Gasteiger partial charge in [-0.05, 0) is 36.5 Å². The largest absolute Gasteiger partial charge is 0.327 e. The first-order valence-corrected chi connectivity index (χ1v) is 8.87. The number of thioether (sulfide) groups is 1. The number of hydrogen-bond acceptors (Lipinski definition) is 6. The Kier molecular flexibility index (Phi) is 3.85. The van der Waals surface area contributed by atoms with Gasteiger partial charge in [-0.2, -0.15) is 16.7 Å². The second-order valence-corrected chi connectivity index (χ2v) is 6.84. The Balaban J connectivity index is 1.75. The fourth-order valence-electron chi connectivity index (χ4n) is 2.90. The molecule has 0 amide bonds. The molecule has 8 nitrogen and oxygen atoms in total. The van der Waals surface area contributed by atoms with Gasteiger partial charge in [0.15, 0.2) is 5.65 Å². The molecule has 9 heteroatoms. The second kappa shape index (κ2) is 6.16. The molecular formula is C15H16N6O2S. The van der Waals surface area contributed by atoms with Crippen LogP contribution in [0.1, 0.15) is 18.9 Å². The summed E-state index contributed by atoms with van der Waals surface area (Å²) in [6.45, 7) is 0. The summed E-state index contributed by atoms with van der Waals surface area (Å²) in [6, 6.07) is 3.51. The number of imidazole rings is 1. The molecule has 1 saturated heterocycles. The van der Waals surface area contributed by atoms with E-state index in [0.717, 1.165) is 24.3 Å². The molecule has 0 bridgehead atoms. The Morgan fingerprint density at radius 3 is 2.92 bits per heavy atom. The number of anilines is 2. The van der Waals surface area contributed by atoms with Crippen LogP contribution in [0.25, 0.3) is 11.2 Å². The van der Waals surface area contributed by atoms with Crippen LogP contribution in [0.15, 0.2) is 34.1 Å². The lowest BCUT2D eigenvalue weighted by Gasteiger charge is -2.22. The van der Waals surface area contributed by atoms with Gasteiger partial charge in [0.2, 0.25) is 5.95 Å². The molecule has 4 heterocycles. The van der Waals surface area contributed by atoms with Crippen LogP contribution in [-0.2, 0) is 0 Å². The molecule has 3 N–H and O–H groups in total. The molecule has 3 aromatic heterocycles. The first kappa shape index (κ1) is 15.0. The molecule has 3 aromatic rings. The van der Waals surface area contributed by atoms with E-state index in [4.69, 9.17) is 0 Å². The summed E-state index contributed by atoms with van der Waals surface area (Å²) in [5.41, 5.74) is 1.12. The summed E-state index contributed by atoms with van der Waals surface area (Å²) >= 11 is 1.90. The average Bonchev–Trinajstić information content (AvgIpc) is 2.93. The summed E-state index contributed by atoms with van der Waals surface area (Å²) in [5.74, 6) is 2.37. The van der Waals surface area contributed by atoms with Crippen LogP contribution >= 0.6 is 11.8 Å². The zero-order valence-electron chi connectivity index (χ0n) is 12.8. The van der Waals surface area contributed by atoms with Gasteiger partial charge in [-0.25, -0.2) is 9.78 Å². The van der Waals surface area contributed by atoms with E-state index in [1.807, 2.05) is 11.8 Å². The highest BCUT2D eigenvalue weighted by Crippen LogP contribution is 2.28. The zero-order chi connectivity index (χ0) is 16.5. The second-order valence-electron chi connectivity index (χ2n) is 5.61. The van der Waals surface area contributed by atoms with Gasteiger partial charge in [0.05, 0.1) is 6.20 Å². The van der Waals surface area contributed by atoms with Crippen LogP contribution in [0.5, 0.6) is 0 Å². The number of hydrogen-bond donors (Lipinski definition) is 3. The summed E-state index contributed by atoms with van der Waals surface area (Å²) in [7, 11) is 0. The number of rotatable bonds is 3. The maximum absolute atomic E-state index is 12.3. The van der Waals surface area contributed by atoms with Gasteiger partial charge in [0, 0.05) is 12.2 Å². The molecule has 0 aromatic carbocycles. The molecule has 1 aliphatic heterocycles. The number of nitrogens with one attached hydrogen (secondary N) is 3. The molecule has 0 atom stereocenters. The summed E-state index contributed by atoms with van der Waals surface area (Å²) in [5, 5.41) is 2.90. The monoisotopic (exact) mass is 344 g/mol. The van der Waals surface area contributed by atoms with Crippen LogP contribution in [0.3, 0.4) is 0 Å². The van der Waals surface area contributed by atoms with Crippen LogP contribution < -0.4 is 16.6 Å². The number of aromatic nitrogens is 5. The minimum Gasteiger partial charge on any atom is -0.327 e. The van der Waals surface area contributed by atoms with Gasteiger partial charge in [-0.15, -0.1) is 0 Å². The van der Waals surface area contributed by atoms with Crippen molar-refractivity contribution in [2.45, 2.75) is 18.9 Å². The fraction of sp³-hybridized carbons (Fsp3) is 0.333. The topological polar surface area (TPSA) is 108 Å². The summed E-state index contributed by atoms with van der Waals surface area (Å²) < 4.78 is 1.72. The van der Waals surface area contributed by atoms with Gasteiger partial charge < -0.3 is 15.3 Å². The molecule has 4 rings (SSSR count). The standard InChI is InChI=1S/C15H16N6O2S/c22-13-10(2-1-5-16-13)18-14-17-8-11-12(20-14)21(15(23)19-11)9-3-6-24-7-4-9/h1-2,5,8-9H,3-4,6-7H2,(H,16,22)(H,19,23)(H,17,18,20). The Bertz CT molecular complexity index is 985. The van der Waals surface area contributed by atoms with Crippen molar-refractivity contribution in [1.82, 2.24) is 24.5 Å². The van der Waals surface area contributed by atoms with E-state index >= 15 is 0 Å². The average molecular weight is 344 g/mol. The highest BCUT2D eigenvalue weighted by atomic mass is 32.2. The van der Waals surface area contributed by atoms with Crippen molar-refractivity contribution < 1.29 is 0 Å². The molecule has 0 saturated carbocycles. The van der Waals surface area contributed by atoms with Gasteiger partial charge in [-0.3, -0.25) is 9.36 Å². The maximum Gasteiger partial charge on any atom is 0.327 e. The molecule has 0 radical (unpaired) electrons. The van der Waals surface area contributed by atoms with Crippen LogP contribution in [0.2, 0.25) is 0 Å².